The number of thiazole rings is 1. The van der Waals surface area contributed by atoms with E-state index in [1.807, 2.05) is 30.3 Å². The lowest BCUT2D eigenvalue weighted by Crippen LogP contribution is -2.07. The van der Waals surface area contributed by atoms with Gasteiger partial charge in [-0.1, -0.05) is 41.7 Å². The van der Waals surface area contributed by atoms with Gasteiger partial charge in [-0.05, 0) is 11.6 Å². The van der Waals surface area contributed by atoms with Gasteiger partial charge in [-0.3, -0.25) is 10.1 Å². The number of carbonyl (C=O) groups is 2. The molecule has 0 aliphatic carbocycles. The predicted molar refractivity (Wildman–Crippen MR) is 77.6 cm³/mol. The molecule has 0 aliphatic rings. The molecular formula is C14H12N2O3S. The molecule has 0 aliphatic heterocycles. The number of amides is 1. The number of ether oxygens (including phenoxy) is 1. The van der Waals surface area contributed by atoms with Crippen molar-refractivity contribution in [3.8, 4) is 0 Å². The van der Waals surface area contributed by atoms with Crippen molar-refractivity contribution in [3.63, 3.8) is 0 Å². The highest BCUT2D eigenvalue weighted by Gasteiger charge is 2.11. The Bertz CT molecular complexity index is 635. The van der Waals surface area contributed by atoms with Crippen LogP contribution in [-0.2, 0) is 9.53 Å². The summed E-state index contributed by atoms with van der Waals surface area (Å²) in [5.41, 5.74) is 0.928. The lowest BCUT2D eigenvalue weighted by molar-refractivity contribution is -0.111. The number of rotatable bonds is 4. The summed E-state index contributed by atoms with van der Waals surface area (Å²) in [5.74, 6) is -0.776. The van der Waals surface area contributed by atoms with Crippen LogP contribution in [-0.4, -0.2) is 24.0 Å². The maximum Gasteiger partial charge on any atom is 0.349 e. The van der Waals surface area contributed by atoms with Crippen LogP contribution in [0.25, 0.3) is 6.08 Å². The minimum atomic E-state index is -0.470. The summed E-state index contributed by atoms with van der Waals surface area (Å²) in [6, 6.07) is 9.47. The molecule has 1 aromatic heterocycles. The number of hydrogen-bond donors (Lipinski definition) is 1. The van der Waals surface area contributed by atoms with Crippen molar-refractivity contribution in [2.45, 2.75) is 0 Å². The van der Waals surface area contributed by atoms with Crippen LogP contribution in [0.15, 0.2) is 42.6 Å². The third kappa shape index (κ3) is 3.76. The Hall–Kier alpha value is -2.47. The first-order chi connectivity index (χ1) is 9.69. The zero-order chi connectivity index (χ0) is 14.4. The van der Waals surface area contributed by atoms with E-state index in [9.17, 15) is 9.59 Å². The lowest BCUT2D eigenvalue weighted by Gasteiger charge is -1.96. The van der Waals surface area contributed by atoms with Gasteiger partial charge in [-0.15, -0.1) is 0 Å². The van der Waals surface area contributed by atoms with E-state index >= 15 is 0 Å². The fourth-order valence-corrected chi connectivity index (χ4v) is 2.15. The molecule has 0 atom stereocenters. The smallest absolute Gasteiger partial charge is 0.349 e. The van der Waals surface area contributed by atoms with Crippen LogP contribution in [0.4, 0.5) is 5.13 Å². The molecule has 2 rings (SSSR count). The lowest BCUT2D eigenvalue weighted by atomic mass is 10.2. The summed E-state index contributed by atoms with van der Waals surface area (Å²) < 4.78 is 4.56. The Labute approximate surface area is 119 Å². The number of aromatic nitrogens is 1. The topological polar surface area (TPSA) is 68.3 Å². The number of methoxy groups -OCH3 is 1. The van der Waals surface area contributed by atoms with E-state index in [-0.39, 0.29) is 5.91 Å². The van der Waals surface area contributed by atoms with Crippen molar-refractivity contribution >= 4 is 34.4 Å². The second-order valence-corrected chi connectivity index (χ2v) is 4.79. The molecule has 6 heteroatoms. The Morgan fingerprint density at radius 1 is 1.30 bits per heavy atom. The number of esters is 1. The molecule has 20 heavy (non-hydrogen) atoms. The standard InChI is InChI=1S/C14H12N2O3S/c1-19-13(18)11-9-15-14(20-11)16-12(17)8-7-10-5-3-2-4-6-10/h2-9H,1H3,(H,15,16,17)/b8-7+. The molecule has 0 spiro atoms. The minimum absolute atomic E-state index is 0.306. The highest BCUT2D eigenvalue weighted by Crippen LogP contribution is 2.18. The number of nitrogens with zero attached hydrogens (tertiary/aromatic N) is 1. The fourth-order valence-electron chi connectivity index (χ4n) is 1.41. The van der Waals surface area contributed by atoms with E-state index in [4.69, 9.17) is 0 Å². The number of carbonyl (C=O) groups excluding carboxylic acids is 2. The van der Waals surface area contributed by atoms with E-state index in [1.165, 1.54) is 19.4 Å². The Morgan fingerprint density at radius 3 is 2.75 bits per heavy atom. The minimum Gasteiger partial charge on any atom is -0.465 e. The SMILES string of the molecule is COC(=O)c1cnc(NC(=O)/C=C/c2ccccc2)s1. The Kier molecular flexibility index (Phi) is 4.62. The van der Waals surface area contributed by atoms with Crippen LogP contribution >= 0.6 is 11.3 Å². The van der Waals surface area contributed by atoms with Gasteiger partial charge < -0.3 is 4.74 Å². The number of anilines is 1. The van der Waals surface area contributed by atoms with Gasteiger partial charge >= 0.3 is 5.97 Å². The van der Waals surface area contributed by atoms with Crippen molar-refractivity contribution in [3.05, 3.63) is 53.0 Å². The number of hydrogen-bond acceptors (Lipinski definition) is 5. The predicted octanol–water partition coefficient (Wildman–Crippen LogP) is 2.58. The molecule has 0 bridgehead atoms. The Morgan fingerprint density at radius 2 is 2.05 bits per heavy atom. The monoisotopic (exact) mass is 288 g/mol. The second-order valence-electron chi connectivity index (χ2n) is 3.75. The number of nitrogens with one attached hydrogen (secondary N) is 1. The van der Waals surface area contributed by atoms with E-state index in [1.54, 1.807) is 6.08 Å². The zero-order valence-electron chi connectivity index (χ0n) is 10.7. The molecule has 1 aromatic carbocycles. The van der Waals surface area contributed by atoms with Gasteiger partial charge in [-0.2, -0.15) is 0 Å². The van der Waals surface area contributed by atoms with Crippen LogP contribution in [0.3, 0.4) is 0 Å². The highest BCUT2D eigenvalue weighted by atomic mass is 32.1. The molecular weight excluding hydrogens is 276 g/mol. The van der Waals surface area contributed by atoms with E-state index < -0.39 is 5.97 Å². The molecule has 1 N–H and O–H groups in total. The summed E-state index contributed by atoms with van der Waals surface area (Å²) in [5, 5.41) is 2.94. The van der Waals surface area contributed by atoms with Crippen molar-refractivity contribution in [1.29, 1.82) is 0 Å². The molecule has 1 heterocycles. The summed E-state index contributed by atoms with van der Waals surface area (Å²) in [6.45, 7) is 0. The van der Waals surface area contributed by atoms with E-state index in [0.717, 1.165) is 16.9 Å². The van der Waals surface area contributed by atoms with Gasteiger partial charge in [0.05, 0.1) is 13.3 Å². The normalized spacial score (nSPS) is 10.4. The average molecular weight is 288 g/mol. The van der Waals surface area contributed by atoms with Crippen LogP contribution in [0.1, 0.15) is 15.2 Å². The fraction of sp³-hybridized carbons (Fsp3) is 0.0714. The van der Waals surface area contributed by atoms with Crippen molar-refractivity contribution in [1.82, 2.24) is 4.98 Å². The van der Waals surface area contributed by atoms with Gasteiger partial charge in [0, 0.05) is 6.08 Å². The summed E-state index contributed by atoms with van der Waals surface area (Å²) in [6.07, 6.45) is 4.48. The summed E-state index contributed by atoms with van der Waals surface area (Å²) >= 11 is 1.06. The molecule has 0 radical (unpaired) electrons. The first kappa shape index (κ1) is 14.0. The molecule has 0 fully saturated rings. The van der Waals surface area contributed by atoms with Crippen LogP contribution < -0.4 is 5.32 Å². The molecule has 0 saturated carbocycles. The molecule has 0 unspecified atom stereocenters. The second kappa shape index (κ2) is 6.63. The maximum absolute atomic E-state index is 11.7. The third-order valence-electron chi connectivity index (χ3n) is 2.35. The van der Waals surface area contributed by atoms with Crippen molar-refractivity contribution in [2.24, 2.45) is 0 Å². The van der Waals surface area contributed by atoms with Crippen LogP contribution in [0, 0.1) is 0 Å². The van der Waals surface area contributed by atoms with E-state index in [2.05, 4.69) is 15.0 Å². The zero-order valence-corrected chi connectivity index (χ0v) is 11.5. The van der Waals surface area contributed by atoms with Gasteiger partial charge in [0.25, 0.3) is 0 Å². The average Bonchev–Trinajstić information content (AvgIpc) is 2.94. The number of benzene rings is 1. The molecule has 1 amide bonds. The highest BCUT2D eigenvalue weighted by molar-refractivity contribution is 7.17. The van der Waals surface area contributed by atoms with Gasteiger partial charge in [0.15, 0.2) is 5.13 Å². The van der Waals surface area contributed by atoms with Crippen molar-refractivity contribution < 1.29 is 14.3 Å². The molecule has 5 nitrogen and oxygen atoms in total. The van der Waals surface area contributed by atoms with Gasteiger partial charge in [-0.25, -0.2) is 9.78 Å². The quantitative estimate of drug-likeness (QED) is 0.693. The maximum atomic E-state index is 11.7. The van der Waals surface area contributed by atoms with Crippen LogP contribution in [0.2, 0.25) is 0 Å². The van der Waals surface area contributed by atoms with Crippen LogP contribution in [0.5, 0.6) is 0 Å². The molecule has 0 saturated heterocycles. The summed E-state index contributed by atoms with van der Waals surface area (Å²) in [4.78, 5) is 27.2. The molecule has 102 valence electrons. The third-order valence-corrected chi connectivity index (χ3v) is 3.24. The van der Waals surface area contributed by atoms with Gasteiger partial charge in [0.2, 0.25) is 5.91 Å². The Balaban J connectivity index is 1.96. The molecule has 2 aromatic rings. The largest absolute Gasteiger partial charge is 0.465 e. The van der Waals surface area contributed by atoms with Gasteiger partial charge in [0.1, 0.15) is 4.88 Å². The summed E-state index contributed by atoms with van der Waals surface area (Å²) in [7, 11) is 1.29. The first-order valence-electron chi connectivity index (χ1n) is 5.77. The van der Waals surface area contributed by atoms with E-state index in [0.29, 0.717) is 10.0 Å². The van der Waals surface area contributed by atoms with Crippen molar-refractivity contribution in [2.75, 3.05) is 12.4 Å². The first-order valence-corrected chi connectivity index (χ1v) is 6.59.